The van der Waals surface area contributed by atoms with Crippen LogP contribution in [0, 0.1) is 17.1 Å². The van der Waals surface area contributed by atoms with Gasteiger partial charge in [0.2, 0.25) is 0 Å². The van der Waals surface area contributed by atoms with E-state index in [4.69, 9.17) is 23.2 Å². The number of hydrogen-bond donors (Lipinski definition) is 0. The standard InChI is InChI=1S/C22H19Cl2FN2/c1-13-11-22(2,3)27(4)21-10-20(25)14(8-18(13)21)7-15(12-26)17-6-5-16(23)9-19(17)24/h5-11H,1-4H3/b15-7+. The molecule has 0 radical (unpaired) electrons. The van der Waals surface area contributed by atoms with Crippen LogP contribution in [0.15, 0.2) is 36.4 Å². The topological polar surface area (TPSA) is 27.0 Å². The molecule has 5 heteroatoms. The van der Waals surface area contributed by atoms with Gasteiger partial charge in [0.1, 0.15) is 5.82 Å². The Labute approximate surface area is 169 Å². The molecule has 2 aromatic carbocycles. The summed E-state index contributed by atoms with van der Waals surface area (Å²) in [6.07, 6.45) is 3.68. The van der Waals surface area contributed by atoms with E-state index in [0.717, 1.165) is 16.8 Å². The Balaban J connectivity index is 2.15. The molecule has 0 aromatic heterocycles. The van der Waals surface area contributed by atoms with Gasteiger partial charge in [-0.2, -0.15) is 5.26 Å². The van der Waals surface area contributed by atoms with Crippen LogP contribution in [0.25, 0.3) is 17.2 Å². The molecule has 2 aromatic rings. The van der Waals surface area contributed by atoms with Crippen molar-refractivity contribution in [2.45, 2.75) is 26.3 Å². The number of hydrogen-bond acceptors (Lipinski definition) is 2. The molecule has 0 saturated carbocycles. The number of rotatable bonds is 2. The maximum Gasteiger partial charge on any atom is 0.132 e. The molecule has 0 bridgehead atoms. The average Bonchev–Trinajstić information content (AvgIpc) is 2.59. The van der Waals surface area contributed by atoms with Crippen molar-refractivity contribution in [2.75, 3.05) is 11.9 Å². The molecule has 3 rings (SSSR count). The second kappa shape index (κ2) is 7.03. The summed E-state index contributed by atoms with van der Waals surface area (Å²) < 4.78 is 14.9. The maximum absolute atomic E-state index is 14.9. The second-order valence-corrected chi connectivity index (χ2v) is 8.07. The third-order valence-electron chi connectivity index (χ3n) is 4.98. The summed E-state index contributed by atoms with van der Waals surface area (Å²) in [6.45, 7) is 6.18. The Bertz CT molecular complexity index is 1030. The smallest absolute Gasteiger partial charge is 0.132 e. The fourth-order valence-corrected chi connectivity index (χ4v) is 3.84. The molecule has 0 N–H and O–H groups in total. The Kier molecular flexibility index (Phi) is 5.08. The fourth-order valence-electron chi connectivity index (χ4n) is 3.33. The normalized spacial score (nSPS) is 15.9. The lowest BCUT2D eigenvalue weighted by Crippen LogP contribution is -2.42. The number of allylic oxidation sites excluding steroid dienone is 2. The van der Waals surface area contributed by atoms with Crippen LogP contribution in [-0.4, -0.2) is 12.6 Å². The molecule has 0 saturated heterocycles. The number of nitrogens with zero attached hydrogens (tertiary/aromatic N) is 2. The van der Waals surface area contributed by atoms with Crippen LogP contribution in [0.1, 0.15) is 37.5 Å². The molecule has 0 unspecified atom stereocenters. The van der Waals surface area contributed by atoms with Crippen LogP contribution in [0.4, 0.5) is 10.1 Å². The van der Waals surface area contributed by atoms with E-state index in [-0.39, 0.29) is 16.9 Å². The predicted molar refractivity (Wildman–Crippen MR) is 112 cm³/mol. The highest BCUT2D eigenvalue weighted by atomic mass is 35.5. The van der Waals surface area contributed by atoms with Crippen molar-refractivity contribution >= 4 is 46.1 Å². The van der Waals surface area contributed by atoms with Gasteiger partial charge in [0.15, 0.2) is 0 Å². The predicted octanol–water partition coefficient (Wildman–Crippen LogP) is 6.83. The van der Waals surface area contributed by atoms with Crippen molar-refractivity contribution in [1.29, 1.82) is 5.26 Å². The van der Waals surface area contributed by atoms with Gasteiger partial charge in [-0.05, 0) is 56.7 Å². The minimum Gasteiger partial charge on any atom is -0.365 e. The Morgan fingerprint density at radius 3 is 2.56 bits per heavy atom. The van der Waals surface area contributed by atoms with Gasteiger partial charge in [0, 0.05) is 34.4 Å². The van der Waals surface area contributed by atoms with Crippen molar-refractivity contribution in [2.24, 2.45) is 0 Å². The number of nitriles is 1. The summed E-state index contributed by atoms with van der Waals surface area (Å²) >= 11 is 12.1. The summed E-state index contributed by atoms with van der Waals surface area (Å²) in [5.74, 6) is -0.385. The minimum absolute atomic E-state index is 0.199. The maximum atomic E-state index is 14.9. The number of anilines is 1. The summed E-state index contributed by atoms with van der Waals surface area (Å²) in [5.41, 5.74) is 3.80. The zero-order valence-electron chi connectivity index (χ0n) is 15.6. The molecular weight excluding hydrogens is 382 g/mol. The lowest BCUT2D eigenvalue weighted by molar-refractivity contribution is 0.588. The summed E-state index contributed by atoms with van der Waals surface area (Å²) in [6, 6.07) is 10.3. The first-order chi connectivity index (χ1) is 12.6. The van der Waals surface area contributed by atoms with E-state index in [9.17, 15) is 9.65 Å². The minimum atomic E-state index is -0.385. The molecular formula is C22H19Cl2FN2. The zero-order valence-corrected chi connectivity index (χ0v) is 17.1. The van der Waals surface area contributed by atoms with Gasteiger partial charge in [0.25, 0.3) is 0 Å². The van der Waals surface area contributed by atoms with Crippen molar-refractivity contribution < 1.29 is 4.39 Å². The summed E-state index contributed by atoms with van der Waals surface area (Å²) in [7, 11) is 1.95. The van der Waals surface area contributed by atoms with Crippen LogP contribution < -0.4 is 4.90 Å². The van der Waals surface area contributed by atoms with Crippen LogP contribution in [0.5, 0.6) is 0 Å². The van der Waals surface area contributed by atoms with E-state index in [1.165, 1.54) is 12.1 Å². The highest BCUT2D eigenvalue weighted by Crippen LogP contribution is 2.39. The average molecular weight is 401 g/mol. The lowest BCUT2D eigenvalue weighted by Gasteiger charge is -2.40. The van der Waals surface area contributed by atoms with Gasteiger partial charge in [-0.15, -0.1) is 0 Å². The SMILES string of the molecule is CC1=CC(C)(C)N(C)c2cc(F)c(/C=C(\C#N)c3ccc(Cl)cc3Cl)cc21. The molecule has 0 amide bonds. The summed E-state index contributed by atoms with van der Waals surface area (Å²) in [4.78, 5) is 2.05. The third-order valence-corrected chi connectivity index (χ3v) is 5.52. The van der Waals surface area contributed by atoms with E-state index in [1.54, 1.807) is 24.3 Å². The Hall–Kier alpha value is -2.28. The molecule has 0 fully saturated rings. The zero-order chi connectivity index (χ0) is 19.9. The molecule has 2 nitrogen and oxygen atoms in total. The molecule has 1 aliphatic heterocycles. The quantitative estimate of drug-likeness (QED) is 0.407. The highest BCUT2D eigenvalue weighted by Gasteiger charge is 2.29. The molecule has 1 heterocycles. The molecule has 138 valence electrons. The van der Waals surface area contributed by atoms with E-state index < -0.39 is 0 Å². The van der Waals surface area contributed by atoms with Crippen molar-refractivity contribution in [1.82, 2.24) is 0 Å². The number of fused-ring (bicyclic) bond motifs is 1. The van der Waals surface area contributed by atoms with Crippen molar-refractivity contribution in [3.05, 3.63) is 69.0 Å². The first-order valence-corrected chi connectivity index (χ1v) is 9.24. The van der Waals surface area contributed by atoms with Gasteiger partial charge >= 0.3 is 0 Å². The Morgan fingerprint density at radius 2 is 1.93 bits per heavy atom. The van der Waals surface area contributed by atoms with Crippen molar-refractivity contribution in [3.8, 4) is 6.07 Å². The van der Waals surface area contributed by atoms with E-state index >= 15 is 0 Å². The molecule has 27 heavy (non-hydrogen) atoms. The lowest BCUT2D eigenvalue weighted by atomic mass is 9.88. The van der Waals surface area contributed by atoms with Crippen LogP contribution in [-0.2, 0) is 0 Å². The van der Waals surface area contributed by atoms with Crippen LogP contribution in [0.3, 0.4) is 0 Å². The highest BCUT2D eigenvalue weighted by molar-refractivity contribution is 6.36. The molecule has 0 spiro atoms. The summed E-state index contributed by atoms with van der Waals surface area (Å²) in [5, 5.41) is 10.4. The van der Waals surface area contributed by atoms with E-state index in [2.05, 4.69) is 26.0 Å². The third kappa shape index (κ3) is 3.60. The monoisotopic (exact) mass is 400 g/mol. The van der Waals surface area contributed by atoms with E-state index in [1.807, 2.05) is 18.9 Å². The van der Waals surface area contributed by atoms with Gasteiger partial charge in [-0.1, -0.05) is 35.3 Å². The molecule has 0 aliphatic carbocycles. The van der Waals surface area contributed by atoms with Gasteiger partial charge in [0.05, 0.1) is 22.2 Å². The molecule has 1 aliphatic rings. The van der Waals surface area contributed by atoms with Gasteiger partial charge < -0.3 is 4.90 Å². The second-order valence-electron chi connectivity index (χ2n) is 7.22. The van der Waals surface area contributed by atoms with Gasteiger partial charge in [-0.3, -0.25) is 0 Å². The Morgan fingerprint density at radius 1 is 1.22 bits per heavy atom. The van der Waals surface area contributed by atoms with Crippen molar-refractivity contribution in [3.63, 3.8) is 0 Å². The number of benzene rings is 2. The van der Waals surface area contributed by atoms with Crippen LogP contribution >= 0.6 is 23.2 Å². The largest absolute Gasteiger partial charge is 0.365 e. The van der Waals surface area contributed by atoms with Gasteiger partial charge in [-0.25, -0.2) is 4.39 Å². The number of likely N-dealkylation sites (N-methyl/N-ethyl adjacent to an activating group) is 1. The van der Waals surface area contributed by atoms with Crippen LogP contribution in [0.2, 0.25) is 10.0 Å². The van der Waals surface area contributed by atoms with E-state index in [0.29, 0.717) is 21.2 Å². The fraction of sp³-hybridized carbons (Fsp3) is 0.227. The first kappa shape index (κ1) is 19.5. The first-order valence-electron chi connectivity index (χ1n) is 8.48. The number of halogens is 3. The molecule has 0 atom stereocenters.